The fourth-order valence-electron chi connectivity index (χ4n) is 3.13. The van der Waals surface area contributed by atoms with Crippen LogP contribution in [0.1, 0.15) is 51.7 Å². The molecule has 0 amide bonds. The zero-order valence-electron chi connectivity index (χ0n) is 15.6. The summed E-state index contributed by atoms with van der Waals surface area (Å²) in [7, 11) is 0. The summed E-state index contributed by atoms with van der Waals surface area (Å²) in [6.45, 7) is 8.04. The van der Waals surface area contributed by atoms with Crippen LogP contribution < -0.4 is 0 Å². The van der Waals surface area contributed by atoms with Gasteiger partial charge in [0.15, 0.2) is 0 Å². The van der Waals surface area contributed by atoms with E-state index in [0.717, 1.165) is 22.3 Å². The van der Waals surface area contributed by atoms with Gasteiger partial charge < -0.3 is 0 Å². The number of hydrogen-bond acceptors (Lipinski definition) is 2. The molecule has 0 atom stereocenters. The summed E-state index contributed by atoms with van der Waals surface area (Å²) in [5.41, 5.74) is 3.76. The van der Waals surface area contributed by atoms with Crippen molar-refractivity contribution in [3.63, 3.8) is 0 Å². The lowest BCUT2D eigenvalue weighted by Gasteiger charge is -2.24. The lowest BCUT2D eigenvalue weighted by Crippen LogP contribution is -2.19. The van der Waals surface area contributed by atoms with Gasteiger partial charge in [-0.2, -0.15) is 0 Å². The molecule has 0 aliphatic carbocycles. The van der Waals surface area contributed by atoms with E-state index in [-0.39, 0.29) is 21.3 Å². The predicted octanol–water partition coefficient (Wildman–Crippen LogP) is 6.22. The van der Waals surface area contributed by atoms with Gasteiger partial charge in [0.1, 0.15) is 0 Å². The van der Waals surface area contributed by atoms with Crippen LogP contribution in [-0.2, 0) is 20.4 Å². The Morgan fingerprint density at radius 2 is 0.923 bits per heavy atom. The Kier molecular flexibility index (Phi) is 6.31. The SMILES string of the molecule is CC(C)(CC(=O)Cl)c1ccc(-c2ccc(C(C)(C)CC(=O)Cl)cc2)cc1. The van der Waals surface area contributed by atoms with Crippen LogP contribution in [-0.4, -0.2) is 10.5 Å². The molecule has 2 aromatic rings. The summed E-state index contributed by atoms with van der Waals surface area (Å²) < 4.78 is 0. The van der Waals surface area contributed by atoms with Crippen LogP contribution in [0.4, 0.5) is 0 Å². The Bertz CT molecular complexity index is 718. The van der Waals surface area contributed by atoms with E-state index >= 15 is 0 Å². The topological polar surface area (TPSA) is 34.1 Å². The van der Waals surface area contributed by atoms with Crippen molar-refractivity contribution >= 4 is 33.7 Å². The van der Waals surface area contributed by atoms with Gasteiger partial charge in [-0.25, -0.2) is 0 Å². The largest absolute Gasteiger partial charge is 0.281 e. The molecule has 2 nitrogen and oxygen atoms in total. The highest BCUT2D eigenvalue weighted by Crippen LogP contribution is 2.32. The van der Waals surface area contributed by atoms with Crippen molar-refractivity contribution in [3.8, 4) is 11.1 Å². The quantitative estimate of drug-likeness (QED) is 0.525. The van der Waals surface area contributed by atoms with Crippen molar-refractivity contribution in [2.24, 2.45) is 0 Å². The molecule has 0 aromatic heterocycles. The molecule has 0 N–H and O–H groups in total. The van der Waals surface area contributed by atoms with Crippen LogP contribution in [0, 0.1) is 0 Å². The van der Waals surface area contributed by atoms with E-state index in [1.165, 1.54) is 0 Å². The minimum absolute atomic E-state index is 0.292. The van der Waals surface area contributed by atoms with Gasteiger partial charge in [0.25, 0.3) is 0 Å². The Morgan fingerprint density at radius 3 is 1.15 bits per heavy atom. The summed E-state index contributed by atoms with van der Waals surface area (Å²) in [5.74, 6) is 0. The molecule has 0 saturated carbocycles. The molecule has 0 spiro atoms. The normalized spacial score (nSPS) is 12.1. The van der Waals surface area contributed by atoms with E-state index in [0.29, 0.717) is 12.8 Å². The van der Waals surface area contributed by atoms with E-state index < -0.39 is 0 Å². The van der Waals surface area contributed by atoms with Gasteiger partial charge in [0, 0.05) is 12.8 Å². The lowest BCUT2D eigenvalue weighted by molar-refractivity contribution is -0.113. The summed E-state index contributed by atoms with van der Waals surface area (Å²) in [6, 6.07) is 16.4. The summed E-state index contributed by atoms with van der Waals surface area (Å²) in [6.07, 6.45) is 0.605. The van der Waals surface area contributed by atoms with Gasteiger partial charge in [-0.1, -0.05) is 76.2 Å². The molecule has 0 saturated heterocycles. The van der Waals surface area contributed by atoms with Gasteiger partial charge in [-0.3, -0.25) is 9.59 Å². The maximum absolute atomic E-state index is 11.2. The molecule has 4 heteroatoms. The molecule has 2 rings (SSSR count). The van der Waals surface area contributed by atoms with Gasteiger partial charge in [0.2, 0.25) is 10.5 Å². The third kappa shape index (κ3) is 5.18. The first-order valence-electron chi connectivity index (χ1n) is 8.59. The molecule has 0 bridgehead atoms. The van der Waals surface area contributed by atoms with Crippen molar-refractivity contribution in [1.82, 2.24) is 0 Å². The molecule has 26 heavy (non-hydrogen) atoms. The van der Waals surface area contributed by atoms with Crippen molar-refractivity contribution in [2.75, 3.05) is 0 Å². The number of carbonyl (C=O) groups is 2. The van der Waals surface area contributed by atoms with Crippen LogP contribution in [0.25, 0.3) is 11.1 Å². The number of rotatable bonds is 7. The Labute approximate surface area is 165 Å². The molecular formula is C22H24Cl2O2. The third-order valence-electron chi connectivity index (χ3n) is 4.83. The van der Waals surface area contributed by atoms with Crippen molar-refractivity contribution in [1.29, 1.82) is 0 Å². The highest BCUT2D eigenvalue weighted by atomic mass is 35.5. The average molecular weight is 391 g/mol. The van der Waals surface area contributed by atoms with E-state index in [1.807, 2.05) is 52.0 Å². The highest BCUT2D eigenvalue weighted by Gasteiger charge is 2.24. The van der Waals surface area contributed by atoms with Gasteiger partial charge >= 0.3 is 0 Å². The molecule has 0 aliphatic rings. The zero-order valence-corrected chi connectivity index (χ0v) is 17.1. The van der Waals surface area contributed by atoms with Crippen LogP contribution >= 0.6 is 23.2 Å². The second kappa shape index (κ2) is 7.94. The molecular weight excluding hydrogens is 367 g/mol. The molecule has 0 aliphatic heterocycles. The number of benzene rings is 2. The van der Waals surface area contributed by atoms with Crippen molar-refractivity contribution in [3.05, 3.63) is 59.7 Å². The molecule has 0 radical (unpaired) electrons. The summed E-state index contributed by atoms with van der Waals surface area (Å²) in [5, 5.41) is -0.652. The van der Waals surface area contributed by atoms with E-state index in [1.54, 1.807) is 0 Å². The summed E-state index contributed by atoms with van der Waals surface area (Å²) >= 11 is 11.1. The fraction of sp³-hybridized carbons (Fsp3) is 0.364. The molecule has 138 valence electrons. The number of carbonyl (C=O) groups excluding carboxylic acids is 2. The van der Waals surface area contributed by atoms with E-state index in [2.05, 4.69) is 24.3 Å². The zero-order chi connectivity index (χ0) is 19.5. The Hall–Kier alpha value is -1.64. The molecule has 2 aromatic carbocycles. The fourth-order valence-corrected chi connectivity index (χ4v) is 3.79. The second-order valence-electron chi connectivity index (χ2n) is 7.99. The van der Waals surface area contributed by atoms with Crippen LogP contribution in [0.5, 0.6) is 0 Å². The highest BCUT2D eigenvalue weighted by molar-refractivity contribution is 6.63. The number of hydrogen-bond donors (Lipinski definition) is 0. The molecule has 0 heterocycles. The van der Waals surface area contributed by atoms with Crippen molar-refractivity contribution in [2.45, 2.75) is 51.4 Å². The third-order valence-corrected chi connectivity index (χ3v) is 5.10. The van der Waals surface area contributed by atoms with Crippen LogP contribution in [0.3, 0.4) is 0 Å². The number of halogens is 2. The lowest BCUT2D eigenvalue weighted by atomic mass is 9.80. The van der Waals surface area contributed by atoms with Gasteiger partial charge in [-0.15, -0.1) is 0 Å². The second-order valence-corrected chi connectivity index (χ2v) is 8.83. The summed E-state index contributed by atoms with van der Waals surface area (Å²) in [4.78, 5) is 22.5. The monoisotopic (exact) mass is 390 g/mol. The van der Waals surface area contributed by atoms with Crippen LogP contribution in [0.15, 0.2) is 48.5 Å². The Morgan fingerprint density at radius 1 is 0.654 bits per heavy atom. The van der Waals surface area contributed by atoms with E-state index in [9.17, 15) is 9.59 Å². The minimum atomic E-state index is -0.326. The predicted molar refractivity (Wildman–Crippen MR) is 109 cm³/mol. The van der Waals surface area contributed by atoms with Gasteiger partial charge in [0.05, 0.1) is 0 Å². The smallest absolute Gasteiger partial charge is 0.222 e. The average Bonchev–Trinajstić information content (AvgIpc) is 2.53. The maximum Gasteiger partial charge on any atom is 0.222 e. The first kappa shape index (κ1) is 20.7. The maximum atomic E-state index is 11.2. The van der Waals surface area contributed by atoms with Gasteiger partial charge in [-0.05, 0) is 56.3 Å². The van der Waals surface area contributed by atoms with Crippen molar-refractivity contribution < 1.29 is 9.59 Å². The van der Waals surface area contributed by atoms with Crippen LogP contribution in [0.2, 0.25) is 0 Å². The first-order valence-corrected chi connectivity index (χ1v) is 9.35. The molecule has 0 fully saturated rings. The minimum Gasteiger partial charge on any atom is -0.281 e. The molecule has 0 unspecified atom stereocenters. The van der Waals surface area contributed by atoms with E-state index in [4.69, 9.17) is 23.2 Å². The Balaban J connectivity index is 2.22. The standard InChI is InChI=1S/C22H24Cl2O2/c1-21(2,13-19(23)25)17-9-5-15(6-10-17)16-7-11-18(12-8-16)22(3,4)14-20(24)26/h5-12H,13-14H2,1-4H3. The first-order chi connectivity index (χ1) is 12.0.